The minimum Gasteiger partial charge on any atom is -0.310 e. The predicted octanol–water partition coefficient (Wildman–Crippen LogP) is 12.7. The van der Waals surface area contributed by atoms with Crippen LogP contribution in [0.2, 0.25) is 0 Å². The molecule has 1 aromatic heterocycles. The Morgan fingerprint density at radius 2 is 0.607 bits per heavy atom. The highest BCUT2D eigenvalue weighted by Crippen LogP contribution is 2.57. The third-order valence-electron chi connectivity index (χ3n) is 10.8. The first-order valence-corrected chi connectivity index (χ1v) is 19.0. The van der Waals surface area contributed by atoms with Gasteiger partial charge in [-0.1, -0.05) is 194 Å². The van der Waals surface area contributed by atoms with Gasteiger partial charge in [0.2, 0.25) is 0 Å². The monoisotopic (exact) mass is 716 g/mol. The summed E-state index contributed by atoms with van der Waals surface area (Å²) in [6.45, 7) is 0. The van der Waals surface area contributed by atoms with Crippen molar-refractivity contribution in [3.05, 3.63) is 241 Å². The predicted molar refractivity (Wildman–Crippen MR) is 228 cm³/mol. The van der Waals surface area contributed by atoms with Gasteiger partial charge in [-0.25, -0.2) is 15.0 Å². The minimum absolute atomic E-state index is 0.490. The Balaban J connectivity index is 1.02. The van der Waals surface area contributed by atoms with Crippen LogP contribution < -0.4 is 4.90 Å². The Kier molecular flexibility index (Phi) is 8.34. The zero-order valence-corrected chi connectivity index (χ0v) is 30.6. The van der Waals surface area contributed by atoms with E-state index < -0.39 is 5.41 Å². The van der Waals surface area contributed by atoms with E-state index >= 15 is 0 Å². The standard InChI is InChI=1S/C52H36N4/c1-5-17-39(18-6-1)49-53-50(40-19-7-2-8-20-40)55-51(54-49)41-31-29-37(30-32-41)38-33-35-44(36-34-38)56-47-27-15-13-25-45(47)52(42-21-9-3-10-22-42,43-23-11-4-12-24-43)46-26-14-16-28-48(46)56/h1-36H. The van der Waals surface area contributed by atoms with Crippen LogP contribution in [0, 0.1) is 0 Å². The lowest BCUT2D eigenvalue weighted by atomic mass is 9.62. The summed E-state index contributed by atoms with van der Waals surface area (Å²) in [5, 5.41) is 0. The molecule has 0 amide bonds. The van der Waals surface area contributed by atoms with Gasteiger partial charge in [-0.2, -0.15) is 0 Å². The largest absolute Gasteiger partial charge is 0.310 e. The van der Waals surface area contributed by atoms with Gasteiger partial charge in [-0.15, -0.1) is 0 Å². The van der Waals surface area contributed by atoms with Crippen LogP contribution in [0.3, 0.4) is 0 Å². The highest BCUT2D eigenvalue weighted by molar-refractivity contribution is 5.90. The Labute approximate surface area is 327 Å². The molecule has 0 bridgehead atoms. The fraction of sp³-hybridized carbons (Fsp3) is 0.0192. The highest BCUT2D eigenvalue weighted by Gasteiger charge is 2.46. The van der Waals surface area contributed by atoms with Gasteiger partial charge in [0.05, 0.1) is 16.8 Å². The van der Waals surface area contributed by atoms with Crippen LogP contribution in [0.25, 0.3) is 45.3 Å². The molecule has 0 aliphatic carbocycles. The first-order valence-electron chi connectivity index (χ1n) is 19.0. The van der Waals surface area contributed by atoms with Crippen molar-refractivity contribution in [3.63, 3.8) is 0 Å². The van der Waals surface area contributed by atoms with Crippen LogP contribution in [-0.2, 0) is 5.41 Å². The maximum absolute atomic E-state index is 4.92. The van der Waals surface area contributed by atoms with Crippen LogP contribution in [-0.4, -0.2) is 15.0 Å². The Morgan fingerprint density at radius 1 is 0.286 bits per heavy atom. The topological polar surface area (TPSA) is 41.9 Å². The molecule has 264 valence electrons. The van der Waals surface area contributed by atoms with Crippen molar-refractivity contribution in [2.75, 3.05) is 4.90 Å². The maximum Gasteiger partial charge on any atom is 0.164 e. The normalized spacial score (nSPS) is 12.8. The number of aromatic nitrogens is 3. The lowest BCUT2D eigenvalue weighted by Gasteiger charge is -2.46. The molecule has 0 spiro atoms. The molecular formula is C52H36N4. The van der Waals surface area contributed by atoms with Crippen molar-refractivity contribution in [2.45, 2.75) is 5.41 Å². The quantitative estimate of drug-likeness (QED) is 0.165. The Morgan fingerprint density at radius 3 is 1.04 bits per heavy atom. The first-order chi connectivity index (χ1) is 27.8. The summed E-state index contributed by atoms with van der Waals surface area (Å²) in [6.07, 6.45) is 0. The molecule has 2 heterocycles. The average molecular weight is 717 g/mol. The summed E-state index contributed by atoms with van der Waals surface area (Å²) in [4.78, 5) is 17.1. The van der Waals surface area contributed by atoms with Crippen LogP contribution >= 0.6 is 0 Å². The van der Waals surface area contributed by atoms with Gasteiger partial charge < -0.3 is 4.90 Å². The molecule has 56 heavy (non-hydrogen) atoms. The van der Waals surface area contributed by atoms with Crippen LogP contribution in [0.15, 0.2) is 218 Å². The second-order valence-corrected chi connectivity index (χ2v) is 14.0. The summed E-state index contributed by atoms with van der Waals surface area (Å²) >= 11 is 0. The molecule has 0 atom stereocenters. The SMILES string of the molecule is c1ccc(-c2nc(-c3ccccc3)nc(-c3ccc(-c4ccc(N5c6ccccc6C(c6ccccc6)(c6ccccc6)c6ccccc65)cc4)cc3)n2)cc1. The molecule has 4 heteroatoms. The second-order valence-electron chi connectivity index (χ2n) is 14.0. The molecule has 4 nitrogen and oxygen atoms in total. The van der Waals surface area contributed by atoms with Gasteiger partial charge in [-0.3, -0.25) is 0 Å². The molecule has 1 aliphatic rings. The van der Waals surface area contributed by atoms with E-state index in [4.69, 9.17) is 15.0 Å². The van der Waals surface area contributed by atoms with Gasteiger partial charge in [0.15, 0.2) is 17.5 Å². The summed E-state index contributed by atoms with van der Waals surface area (Å²) in [5.41, 5.74) is 13.0. The third-order valence-corrected chi connectivity index (χ3v) is 10.8. The van der Waals surface area contributed by atoms with E-state index in [0.717, 1.165) is 44.9 Å². The zero-order valence-electron chi connectivity index (χ0n) is 30.6. The zero-order chi connectivity index (χ0) is 37.3. The second kappa shape index (κ2) is 14.1. The van der Waals surface area contributed by atoms with Crippen molar-refractivity contribution in [1.29, 1.82) is 0 Å². The van der Waals surface area contributed by atoms with Crippen LogP contribution in [0.5, 0.6) is 0 Å². The van der Waals surface area contributed by atoms with Gasteiger partial charge >= 0.3 is 0 Å². The van der Waals surface area contributed by atoms with Crippen molar-refractivity contribution >= 4 is 17.1 Å². The maximum atomic E-state index is 4.92. The molecule has 1 aliphatic heterocycles. The first kappa shape index (κ1) is 33.2. The molecular weight excluding hydrogens is 681 g/mol. The molecule has 9 aromatic rings. The molecule has 10 rings (SSSR count). The summed E-state index contributed by atoms with van der Waals surface area (Å²) < 4.78 is 0. The fourth-order valence-electron chi connectivity index (χ4n) is 8.24. The van der Waals surface area contributed by atoms with Crippen molar-refractivity contribution in [3.8, 4) is 45.3 Å². The van der Waals surface area contributed by atoms with Gasteiger partial charge in [-0.05, 0) is 57.6 Å². The van der Waals surface area contributed by atoms with E-state index in [0.29, 0.717) is 17.5 Å². The number of anilines is 3. The number of rotatable bonds is 7. The number of fused-ring (bicyclic) bond motifs is 2. The molecule has 0 saturated carbocycles. The van der Waals surface area contributed by atoms with E-state index in [-0.39, 0.29) is 0 Å². The highest BCUT2D eigenvalue weighted by atomic mass is 15.2. The number of hydrogen-bond donors (Lipinski definition) is 0. The van der Waals surface area contributed by atoms with Crippen LogP contribution in [0.1, 0.15) is 22.3 Å². The van der Waals surface area contributed by atoms with Crippen molar-refractivity contribution in [1.82, 2.24) is 15.0 Å². The van der Waals surface area contributed by atoms with Crippen LogP contribution in [0.4, 0.5) is 17.1 Å². The minimum atomic E-state index is -0.490. The van der Waals surface area contributed by atoms with Gasteiger partial charge in [0.25, 0.3) is 0 Å². The number of benzene rings is 8. The smallest absolute Gasteiger partial charge is 0.164 e. The van der Waals surface area contributed by atoms with Crippen molar-refractivity contribution in [2.24, 2.45) is 0 Å². The van der Waals surface area contributed by atoms with E-state index in [2.05, 4.69) is 163 Å². The third kappa shape index (κ3) is 5.67. The molecule has 0 unspecified atom stereocenters. The van der Waals surface area contributed by atoms with Gasteiger partial charge in [0, 0.05) is 22.4 Å². The van der Waals surface area contributed by atoms with E-state index in [1.165, 1.54) is 22.3 Å². The Bertz CT molecular complexity index is 2620. The molecule has 8 aromatic carbocycles. The molecule has 0 saturated heterocycles. The summed E-state index contributed by atoms with van der Waals surface area (Å²) in [5.74, 6) is 1.95. The van der Waals surface area contributed by atoms with Gasteiger partial charge in [0.1, 0.15) is 0 Å². The summed E-state index contributed by atoms with van der Waals surface area (Å²) in [7, 11) is 0. The lowest BCUT2D eigenvalue weighted by Crippen LogP contribution is -2.37. The lowest BCUT2D eigenvalue weighted by molar-refractivity contribution is 0.731. The van der Waals surface area contributed by atoms with E-state index in [1.54, 1.807) is 0 Å². The van der Waals surface area contributed by atoms with Crippen molar-refractivity contribution < 1.29 is 0 Å². The molecule has 0 N–H and O–H groups in total. The fourth-order valence-corrected chi connectivity index (χ4v) is 8.24. The van der Waals surface area contributed by atoms with E-state index in [1.807, 2.05) is 60.7 Å². The number of nitrogens with zero attached hydrogens (tertiary/aromatic N) is 4. The molecule has 0 radical (unpaired) electrons. The molecule has 0 fully saturated rings. The average Bonchev–Trinajstić information content (AvgIpc) is 3.29. The number of para-hydroxylation sites is 2. The van der Waals surface area contributed by atoms with E-state index in [9.17, 15) is 0 Å². The summed E-state index contributed by atoms with van der Waals surface area (Å²) in [6, 6.07) is 77.2. The Hall–Kier alpha value is -7.43. The number of hydrogen-bond acceptors (Lipinski definition) is 4.